The van der Waals surface area contributed by atoms with Gasteiger partial charge in [0.25, 0.3) is 0 Å². The number of nitrogens with one attached hydrogen (secondary N) is 1. The molecule has 0 aliphatic heterocycles. The van der Waals surface area contributed by atoms with Crippen molar-refractivity contribution in [1.82, 2.24) is 10.2 Å². The molecule has 18 heavy (non-hydrogen) atoms. The van der Waals surface area contributed by atoms with Gasteiger partial charge in [-0.3, -0.25) is 4.79 Å². The van der Waals surface area contributed by atoms with E-state index in [1.54, 1.807) is 0 Å². The Morgan fingerprint density at radius 1 is 1.17 bits per heavy atom. The molecule has 0 heterocycles. The molecule has 1 aliphatic rings. The van der Waals surface area contributed by atoms with Crippen LogP contribution < -0.4 is 5.32 Å². The summed E-state index contributed by atoms with van der Waals surface area (Å²) in [6, 6.07) is 0.600. The molecule has 1 rings (SSSR count). The van der Waals surface area contributed by atoms with Crippen LogP contribution in [0.25, 0.3) is 0 Å². The molecule has 1 N–H and O–H groups in total. The molecule has 3 heteroatoms. The summed E-state index contributed by atoms with van der Waals surface area (Å²) < 4.78 is 0. The first-order valence-corrected chi connectivity index (χ1v) is 7.61. The van der Waals surface area contributed by atoms with Crippen molar-refractivity contribution in [1.29, 1.82) is 0 Å². The lowest BCUT2D eigenvalue weighted by Gasteiger charge is -2.35. The maximum atomic E-state index is 11.9. The Labute approximate surface area is 112 Å². The molecule has 1 amide bonds. The Morgan fingerprint density at radius 2 is 1.72 bits per heavy atom. The quantitative estimate of drug-likeness (QED) is 0.790. The molecular weight excluding hydrogens is 224 g/mol. The van der Waals surface area contributed by atoms with E-state index in [1.165, 1.54) is 19.3 Å². The number of nitrogens with zero attached hydrogens (tertiary/aromatic N) is 1. The normalized spacial score (nSPS) is 28.1. The van der Waals surface area contributed by atoms with Crippen LogP contribution in [0.1, 0.15) is 53.4 Å². The van der Waals surface area contributed by atoms with Gasteiger partial charge in [-0.2, -0.15) is 0 Å². The molecule has 0 aromatic rings. The number of carbonyl (C=O) groups is 1. The number of carbonyl (C=O) groups excluding carboxylic acids is 1. The highest BCUT2D eigenvalue weighted by Crippen LogP contribution is 2.28. The molecular formula is C15H30N2O. The van der Waals surface area contributed by atoms with Crippen molar-refractivity contribution < 1.29 is 4.79 Å². The lowest BCUT2D eigenvalue weighted by Crippen LogP contribution is -2.44. The van der Waals surface area contributed by atoms with Gasteiger partial charge < -0.3 is 10.2 Å². The molecule has 0 bridgehead atoms. The van der Waals surface area contributed by atoms with Crippen LogP contribution in [0.3, 0.4) is 0 Å². The molecule has 0 spiro atoms. The maximum absolute atomic E-state index is 11.9. The Morgan fingerprint density at radius 3 is 2.22 bits per heavy atom. The highest BCUT2D eigenvalue weighted by molar-refractivity contribution is 5.76. The van der Waals surface area contributed by atoms with E-state index in [-0.39, 0.29) is 5.91 Å². The van der Waals surface area contributed by atoms with E-state index in [4.69, 9.17) is 0 Å². The van der Waals surface area contributed by atoms with Crippen molar-refractivity contribution in [3.63, 3.8) is 0 Å². The second-order valence-electron chi connectivity index (χ2n) is 5.68. The Balaban J connectivity index is 2.30. The summed E-state index contributed by atoms with van der Waals surface area (Å²) in [5, 5.41) is 3.61. The van der Waals surface area contributed by atoms with Gasteiger partial charge in [0.2, 0.25) is 5.91 Å². The molecule has 106 valence electrons. The highest BCUT2D eigenvalue weighted by Gasteiger charge is 2.27. The van der Waals surface area contributed by atoms with Crippen LogP contribution in [0.15, 0.2) is 0 Å². The summed E-state index contributed by atoms with van der Waals surface area (Å²) in [7, 11) is 0. The van der Waals surface area contributed by atoms with Gasteiger partial charge in [0.05, 0.1) is 0 Å². The van der Waals surface area contributed by atoms with Crippen LogP contribution in [0, 0.1) is 11.8 Å². The van der Waals surface area contributed by atoms with E-state index < -0.39 is 0 Å². The van der Waals surface area contributed by atoms with E-state index in [2.05, 4.69) is 19.2 Å². The molecule has 2 atom stereocenters. The lowest BCUT2D eigenvalue weighted by molar-refractivity contribution is -0.130. The summed E-state index contributed by atoms with van der Waals surface area (Å²) in [5.74, 6) is 1.78. The van der Waals surface area contributed by atoms with E-state index >= 15 is 0 Å². The first kappa shape index (κ1) is 15.5. The fraction of sp³-hybridized carbons (Fsp3) is 0.933. The number of hydrogen-bond donors (Lipinski definition) is 1. The van der Waals surface area contributed by atoms with Gasteiger partial charge in [-0.25, -0.2) is 0 Å². The molecule has 1 fully saturated rings. The zero-order valence-electron chi connectivity index (χ0n) is 12.5. The zero-order valence-corrected chi connectivity index (χ0v) is 12.5. The first-order chi connectivity index (χ1) is 8.60. The van der Waals surface area contributed by atoms with Crippen molar-refractivity contribution in [2.75, 3.05) is 19.6 Å². The summed E-state index contributed by atoms with van der Waals surface area (Å²) >= 11 is 0. The maximum Gasteiger partial charge on any atom is 0.223 e. The van der Waals surface area contributed by atoms with Gasteiger partial charge in [0.15, 0.2) is 0 Å². The number of amides is 1. The summed E-state index contributed by atoms with van der Waals surface area (Å²) in [5.41, 5.74) is 0. The van der Waals surface area contributed by atoms with Gasteiger partial charge in [-0.05, 0) is 38.5 Å². The van der Waals surface area contributed by atoms with Crippen LogP contribution in [0.5, 0.6) is 0 Å². The van der Waals surface area contributed by atoms with E-state index in [9.17, 15) is 4.79 Å². The second kappa shape index (κ2) is 7.78. The Hall–Kier alpha value is -0.570. The highest BCUT2D eigenvalue weighted by atomic mass is 16.2. The van der Waals surface area contributed by atoms with E-state index in [0.717, 1.165) is 31.5 Å². The molecule has 2 unspecified atom stereocenters. The van der Waals surface area contributed by atoms with Gasteiger partial charge in [-0.15, -0.1) is 0 Å². The standard InChI is InChI=1S/C15H30N2O/c1-5-17(6-2)14(18)10-11-16-15-12(3)8-7-9-13(15)4/h12-13,15-16H,5-11H2,1-4H3. The third-order valence-corrected chi connectivity index (χ3v) is 4.38. The Bertz CT molecular complexity index is 241. The first-order valence-electron chi connectivity index (χ1n) is 7.61. The monoisotopic (exact) mass is 254 g/mol. The van der Waals surface area contributed by atoms with Gasteiger partial charge >= 0.3 is 0 Å². The third-order valence-electron chi connectivity index (χ3n) is 4.38. The summed E-state index contributed by atoms with van der Waals surface area (Å²) in [6.45, 7) is 11.2. The van der Waals surface area contributed by atoms with Crippen LogP contribution in [-0.2, 0) is 4.79 Å². The second-order valence-corrected chi connectivity index (χ2v) is 5.68. The smallest absolute Gasteiger partial charge is 0.223 e. The largest absolute Gasteiger partial charge is 0.343 e. The zero-order chi connectivity index (χ0) is 13.5. The minimum Gasteiger partial charge on any atom is -0.343 e. The van der Waals surface area contributed by atoms with Crippen molar-refractivity contribution >= 4 is 5.91 Å². The number of hydrogen-bond acceptors (Lipinski definition) is 2. The minimum atomic E-state index is 0.281. The average Bonchev–Trinajstić information content (AvgIpc) is 2.34. The summed E-state index contributed by atoms with van der Waals surface area (Å²) in [4.78, 5) is 13.8. The van der Waals surface area contributed by atoms with Crippen molar-refractivity contribution in [2.45, 2.75) is 59.4 Å². The molecule has 0 radical (unpaired) electrons. The lowest BCUT2D eigenvalue weighted by atomic mass is 9.79. The van der Waals surface area contributed by atoms with Crippen molar-refractivity contribution in [3.05, 3.63) is 0 Å². The fourth-order valence-electron chi connectivity index (χ4n) is 3.16. The molecule has 0 saturated heterocycles. The van der Waals surface area contributed by atoms with Crippen LogP contribution in [-0.4, -0.2) is 36.5 Å². The topological polar surface area (TPSA) is 32.3 Å². The molecule has 1 saturated carbocycles. The van der Waals surface area contributed by atoms with Crippen LogP contribution >= 0.6 is 0 Å². The van der Waals surface area contributed by atoms with E-state index in [0.29, 0.717) is 12.5 Å². The predicted molar refractivity (Wildman–Crippen MR) is 76.5 cm³/mol. The summed E-state index contributed by atoms with van der Waals surface area (Å²) in [6.07, 6.45) is 4.65. The average molecular weight is 254 g/mol. The van der Waals surface area contributed by atoms with Crippen molar-refractivity contribution in [2.24, 2.45) is 11.8 Å². The molecule has 0 aromatic heterocycles. The SMILES string of the molecule is CCN(CC)C(=O)CCNC1C(C)CCCC1C. The molecule has 3 nitrogen and oxygen atoms in total. The molecule has 1 aliphatic carbocycles. The number of rotatable bonds is 6. The van der Waals surface area contributed by atoms with Gasteiger partial charge in [0.1, 0.15) is 0 Å². The van der Waals surface area contributed by atoms with Gasteiger partial charge in [-0.1, -0.05) is 20.3 Å². The third kappa shape index (κ3) is 4.27. The van der Waals surface area contributed by atoms with E-state index in [1.807, 2.05) is 18.7 Å². The van der Waals surface area contributed by atoms with Crippen LogP contribution in [0.4, 0.5) is 0 Å². The van der Waals surface area contributed by atoms with Crippen LogP contribution in [0.2, 0.25) is 0 Å². The Kier molecular flexibility index (Phi) is 6.69. The molecule has 0 aromatic carbocycles. The minimum absolute atomic E-state index is 0.281. The van der Waals surface area contributed by atoms with Gasteiger partial charge in [0, 0.05) is 32.1 Å². The van der Waals surface area contributed by atoms with Crippen molar-refractivity contribution in [3.8, 4) is 0 Å². The fourth-order valence-corrected chi connectivity index (χ4v) is 3.16. The predicted octanol–water partition coefficient (Wildman–Crippen LogP) is 2.66.